The minimum Gasteiger partial charge on any atom is -0.357 e. The topological polar surface area (TPSA) is 71.0 Å². The molecule has 130 valence electrons. The van der Waals surface area contributed by atoms with E-state index < -0.39 is 0 Å². The minimum atomic E-state index is -0.226. The number of nitrogens with zero attached hydrogens (tertiary/aromatic N) is 4. The Labute approximate surface area is 151 Å². The number of aromatic nitrogens is 3. The molecule has 1 aromatic carbocycles. The van der Waals surface area contributed by atoms with Crippen LogP contribution in [-0.2, 0) is 4.79 Å². The number of hydrogen-bond donors (Lipinski definition) is 1. The standard InChI is InChI=1S/C20H19N5O/c26-20(10-8-15-13-21-17-5-1-2-6-18(17)23-15)24-16-7-9-19(22-14-16)25-11-3-4-12-25/h1-2,5-10,13-14H,3-4,11-12H2,(H,24,26)/b10-8+. The van der Waals surface area contributed by atoms with Gasteiger partial charge >= 0.3 is 0 Å². The van der Waals surface area contributed by atoms with Crippen molar-refractivity contribution in [3.63, 3.8) is 0 Å². The molecule has 2 aromatic heterocycles. The Morgan fingerprint density at radius 1 is 1.00 bits per heavy atom. The maximum atomic E-state index is 12.1. The number of para-hydroxylation sites is 2. The van der Waals surface area contributed by atoms with Crippen LogP contribution in [0.2, 0.25) is 0 Å². The van der Waals surface area contributed by atoms with Crippen LogP contribution in [0.3, 0.4) is 0 Å². The van der Waals surface area contributed by atoms with Crippen LogP contribution in [-0.4, -0.2) is 33.9 Å². The average Bonchev–Trinajstić information content (AvgIpc) is 3.22. The first-order valence-electron chi connectivity index (χ1n) is 8.70. The van der Waals surface area contributed by atoms with Crippen molar-refractivity contribution >= 4 is 34.5 Å². The Kier molecular flexibility index (Phi) is 4.55. The summed E-state index contributed by atoms with van der Waals surface area (Å²) in [7, 11) is 0. The second kappa shape index (κ2) is 7.31. The van der Waals surface area contributed by atoms with Crippen molar-refractivity contribution in [1.82, 2.24) is 15.0 Å². The van der Waals surface area contributed by atoms with Crippen molar-refractivity contribution in [2.45, 2.75) is 12.8 Å². The SMILES string of the molecule is O=C(/C=C/c1cnc2ccccc2n1)Nc1ccc(N2CCCC2)nc1. The lowest BCUT2D eigenvalue weighted by atomic mass is 10.3. The van der Waals surface area contributed by atoms with Crippen LogP contribution in [0, 0.1) is 0 Å². The number of benzene rings is 1. The van der Waals surface area contributed by atoms with E-state index in [1.54, 1.807) is 18.5 Å². The van der Waals surface area contributed by atoms with Crippen molar-refractivity contribution in [1.29, 1.82) is 0 Å². The fourth-order valence-corrected chi connectivity index (χ4v) is 2.99. The number of amides is 1. The Balaban J connectivity index is 1.40. The third-order valence-electron chi connectivity index (χ3n) is 4.32. The van der Waals surface area contributed by atoms with E-state index >= 15 is 0 Å². The molecule has 3 aromatic rings. The number of carbonyl (C=O) groups is 1. The summed E-state index contributed by atoms with van der Waals surface area (Å²) in [5.41, 5.74) is 2.95. The molecule has 1 aliphatic heterocycles. The Bertz CT molecular complexity index is 946. The highest BCUT2D eigenvalue weighted by Gasteiger charge is 2.13. The fraction of sp³-hybridized carbons (Fsp3) is 0.200. The van der Waals surface area contributed by atoms with Crippen LogP contribution >= 0.6 is 0 Å². The average molecular weight is 345 g/mol. The summed E-state index contributed by atoms with van der Waals surface area (Å²) in [5, 5.41) is 2.81. The highest BCUT2D eigenvalue weighted by atomic mass is 16.1. The first-order valence-corrected chi connectivity index (χ1v) is 8.70. The summed E-state index contributed by atoms with van der Waals surface area (Å²) in [5.74, 6) is 0.734. The summed E-state index contributed by atoms with van der Waals surface area (Å²) in [4.78, 5) is 27.6. The van der Waals surface area contributed by atoms with Gasteiger partial charge < -0.3 is 10.2 Å². The summed E-state index contributed by atoms with van der Waals surface area (Å²) in [6, 6.07) is 11.5. The van der Waals surface area contributed by atoms with Gasteiger partial charge in [0.25, 0.3) is 0 Å². The first-order chi connectivity index (χ1) is 12.8. The molecule has 1 aliphatic rings. The predicted molar refractivity (Wildman–Crippen MR) is 103 cm³/mol. The van der Waals surface area contributed by atoms with Crippen molar-refractivity contribution in [2.75, 3.05) is 23.3 Å². The Hall–Kier alpha value is -3.28. The van der Waals surface area contributed by atoms with E-state index in [1.165, 1.54) is 18.9 Å². The van der Waals surface area contributed by atoms with Crippen molar-refractivity contribution in [3.8, 4) is 0 Å². The van der Waals surface area contributed by atoms with Crippen molar-refractivity contribution in [3.05, 3.63) is 60.6 Å². The van der Waals surface area contributed by atoms with Crippen LogP contribution in [0.25, 0.3) is 17.1 Å². The number of pyridine rings is 1. The zero-order chi connectivity index (χ0) is 17.8. The third-order valence-corrected chi connectivity index (χ3v) is 4.32. The second-order valence-corrected chi connectivity index (χ2v) is 6.21. The van der Waals surface area contributed by atoms with Gasteiger partial charge in [0.05, 0.1) is 34.8 Å². The number of hydrogen-bond acceptors (Lipinski definition) is 5. The Morgan fingerprint density at radius 2 is 1.81 bits per heavy atom. The zero-order valence-corrected chi connectivity index (χ0v) is 14.3. The van der Waals surface area contributed by atoms with Gasteiger partial charge in [0.1, 0.15) is 5.82 Å². The van der Waals surface area contributed by atoms with Crippen LogP contribution in [0.5, 0.6) is 0 Å². The van der Waals surface area contributed by atoms with Crippen molar-refractivity contribution in [2.24, 2.45) is 0 Å². The molecule has 1 saturated heterocycles. The van der Waals surface area contributed by atoms with E-state index in [9.17, 15) is 4.79 Å². The third kappa shape index (κ3) is 3.69. The molecule has 1 fully saturated rings. The van der Waals surface area contributed by atoms with Gasteiger partial charge in [0.15, 0.2) is 0 Å². The van der Waals surface area contributed by atoms with Gasteiger partial charge in [-0.2, -0.15) is 0 Å². The van der Waals surface area contributed by atoms with E-state index in [2.05, 4.69) is 25.2 Å². The molecule has 0 aliphatic carbocycles. The lowest BCUT2D eigenvalue weighted by molar-refractivity contribution is -0.111. The van der Waals surface area contributed by atoms with Gasteiger partial charge in [-0.1, -0.05) is 12.1 Å². The molecule has 6 nitrogen and oxygen atoms in total. The highest BCUT2D eigenvalue weighted by Crippen LogP contribution is 2.19. The molecule has 0 unspecified atom stereocenters. The molecule has 0 bridgehead atoms. The molecule has 1 N–H and O–H groups in total. The number of rotatable bonds is 4. The number of anilines is 2. The van der Waals surface area contributed by atoms with Gasteiger partial charge in [-0.3, -0.25) is 9.78 Å². The molecular weight excluding hydrogens is 326 g/mol. The van der Waals surface area contributed by atoms with Crippen LogP contribution in [0.15, 0.2) is 54.9 Å². The van der Waals surface area contributed by atoms with E-state index in [0.717, 1.165) is 29.9 Å². The van der Waals surface area contributed by atoms with Gasteiger partial charge in [0.2, 0.25) is 5.91 Å². The lowest BCUT2D eigenvalue weighted by Gasteiger charge is -2.16. The molecule has 0 saturated carbocycles. The summed E-state index contributed by atoms with van der Waals surface area (Å²) >= 11 is 0. The zero-order valence-electron chi connectivity index (χ0n) is 14.3. The van der Waals surface area contributed by atoms with E-state index in [4.69, 9.17) is 0 Å². The second-order valence-electron chi connectivity index (χ2n) is 6.21. The van der Waals surface area contributed by atoms with Crippen molar-refractivity contribution < 1.29 is 4.79 Å². The van der Waals surface area contributed by atoms with E-state index in [0.29, 0.717) is 11.4 Å². The number of fused-ring (bicyclic) bond motifs is 1. The molecule has 6 heteroatoms. The predicted octanol–water partition coefficient (Wildman–Crippen LogP) is 3.28. The van der Waals surface area contributed by atoms with Crippen LogP contribution in [0.4, 0.5) is 11.5 Å². The number of carbonyl (C=O) groups excluding carboxylic acids is 1. The van der Waals surface area contributed by atoms with E-state index in [1.807, 2.05) is 36.4 Å². The molecule has 0 spiro atoms. The largest absolute Gasteiger partial charge is 0.357 e. The van der Waals surface area contributed by atoms with Gasteiger partial charge in [0, 0.05) is 19.2 Å². The minimum absolute atomic E-state index is 0.226. The molecule has 1 amide bonds. The van der Waals surface area contributed by atoms with Crippen LogP contribution in [0.1, 0.15) is 18.5 Å². The van der Waals surface area contributed by atoms with Crippen LogP contribution < -0.4 is 10.2 Å². The normalized spacial score (nSPS) is 14.2. The molecule has 26 heavy (non-hydrogen) atoms. The maximum absolute atomic E-state index is 12.1. The number of nitrogens with one attached hydrogen (secondary N) is 1. The summed E-state index contributed by atoms with van der Waals surface area (Å²) < 4.78 is 0. The first kappa shape index (κ1) is 16.2. The summed E-state index contributed by atoms with van der Waals surface area (Å²) in [6.45, 7) is 2.10. The Morgan fingerprint density at radius 3 is 2.58 bits per heavy atom. The van der Waals surface area contributed by atoms with Gasteiger partial charge in [-0.25, -0.2) is 9.97 Å². The fourth-order valence-electron chi connectivity index (χ4n) is 2.99. The summed E-state index contributed by atoms with van der Waals surface area (Å²) in [6.07, 6.45) is 8.87. The van der Waals surface area contributed by atoms with Gasteiger partial charge in [-0.05, 0) is 43.2 Å². The van der Waals surface area contributed by atoms with E-state index in [-0.39, 0.29) is 5.91 Å². The smallest absolute Gasteiger partial charge is 0.248 e. The molecule has 0 atom stereocenters. The molecule has 0 radical (unpaired) electrons. The lowest BCUT2D eigenvalue weighted by Crippen LogP contribution is -2.19. The van der Waals surface area contributed by atoms with Gasteiger partial charge in [-0.15, -0.1) is 0 Å². The highest BCUT2D eigenvalue weighted by molar-refractivity contribution is 6.01. The molecular formula is C20H19N5O. The maximum Gasteiger partial charge on any atom is 0.248 e. The quantitative estimate of drug-likeness (QED) is 0.735. The monoisotopic (exact) mass is 345 g/mol. The molecule has 3 heterocycles. The molecule has 4 rings (SSSR count).